The molecule has 2 rings (SSSR count). The topological polar surface area (TPSA) is 25.4 Å². The summed E-state index contributed by atoms with van der Waals surface area (Å²) >= 11 is 5.64. The molecule has 3 nitrogen and oxygen atoms in total. The van der Waals surface area contributed by atoms with Gasteiger partial charge >= 0.3 is 6.18 Å². The van der Waals surface area contributed by atoms with E-state index in [0.717, 1.165) is 12.1 Å². The van der Waals surface area contributed by atoms with Crippen molar-refractivity contribution in [2.24, 2.45) is 0 Å². The molecule has 1 aliphatic heterocycles. The average Bonchev–Trinajstić information content (AvgIpc) is 2.27. The van der Waals surface area contributed by atoms with E-state index in [0.29, 0.717) is 19.7 Å². The summed E-state index contributed by atoms with van der Waals surface area (Å²) in [6.45, 7) is 3.34. The maximum atomic E-state index is 12.7. The van der Waals surface area contributed by atoms with Gasteiger partial charge in [0.1, 0.15) is 11.0 Å². The number of alkyl halides is 3. The largest absolute Gasteiger partial charge is 0.416 e. The van der Waals surface area contributed by atoms with Gasteiger partial charge in [0.25, 0.3) is 0 Å². The molecule has 0 N–H and O–H groups in total. The van der Waals surface area contributed by atoms with Crippen molar-refractivity contribution >= 4 is 17.4 Å². The molecule has 0 bridgehead atoms. The second-order valence-electron chi connectivity index (χ2n) is 4.16. The van der Waals surface area contributed by atoms with Gasteiger partial charge in [-0.1, -0.05) is 11.6 Å². The molecule has 7 heteroatoms. The third kappa shape index (κ3) is 3.05. The Hall–Kier alpha value is -1.01. The summed E-state index contributed by atoms with van der Waals surface area (Å²) in [4.78, 5) is 5.69. The minimum atomic E-state index is -4.42. The Balaban J connectivity index is 2.30. The lowest BCUT2D eigenvalue weighted by atomic mass is 10.2. The van der Waals surface area contributed by atoms with Crippen LogP contribution in [0.2, 0.25) is 5.15 Å². The zero-order chi connectivity index (χ0) is 13.3. The molecule has 100 valence electrons. The molecule has 0 radical (unpaired) electrons. The minimum absolute atomic E-state index is 0.0335. The van der Waals surface area contributed by atoms with E-state index in [9.17, 15) is 13.2 Å². The van der Waals surface area contributed by atoms with Gasteiger partial charge in [0.15, 0.2) is 0 Å². The summed E-state index contributed by atoms with van der Waals surface area (Å²) in [7, 11) is 0. The fourth-order valence-corrected chi connectivity index (χ4v) is 2.04. The van der Waals surface area contributed by atoms with Crippen LogP contribution < -0.4 is 4.90 Å². The molecule has 2 heterocycles. The van der Waals surface area contributed by atoms with E-state index in [1.54, 1.807) is 4.90 Å². The van der Waals surface area contributed by atoms with Crippen molar-refractivity contribution in [2.75, 3.05) is 24.6 Å². The summed E-state index contributed by atoms with van der Waals surface area (Å²) in [6, 6.07) is 1.85. The number of nitrogens with zero attached hydrogens (tertiary/aromatic N) is 2. The van der Waals surface area contributed by atoms with Gasteiger partial charge in [-0.05, 0) is 19.1 Å². The molecule has 18 heavy (non-hydrogen) atoms. The predicted molar refractivity (Wildman–Crippen MR) is 61.9 cm³/mol. The Morgan fingerprint density at radius 3 is 2.78 bits per heavy atom. The van der Waals surface area contributed by atoms with Gasteiger partial charge in [-0.2, -0.15) is 13.2 Å². The van der Waals surface area contributed by atoms with Crippen LogP contribution in [0.3, 0.4) is 0 Å². The first-order valence-electron chi connectivity index (χ1n) is 5.47. The van der Waals surface area contributed by atoms with Crippen molar-refractivity contribution in [2.45, 2.75) is 19.2 Å². The third-order valence-electron chi connectivity index (χ3n) is 2.67. The molecule has 0 amide bonds. The highest BCUT2D eigenvalue weighted by atomic mass is 35.5. The molecule has 0 aliphatic carbocycles. The lowest BCUT2D eigenvalue weighted by Crippen LogP contribution is -2.41. The molecule has 1 aliphatic rings. The van der Waals surface area contributed by atoms with Crippen LogP contribution in [0.4, 0.5) is 19.0 Å². The molecule has 1 atom stereocenters. The first kappa shape index (κ1) is 13.4. The van der Waals surface area contributed by atoms with E-state index in [2.05, 4.69) is 4.98 Å². The van der Waals surface area contributed by atoms with Crippen molar-refractivity contribution in [3.63, 3.8) is 0 Å². The first-order valence-corrected chi connectivity index (χ1v) is 5.85. The first-order chi connectivity index (χ1) is 8.36. The smallest absolute Gasteiger partial charge is 0.375 e. The quantitative estimate of drug-likeness (QED) is 0.740. The van der Waals surface area contributed by atoms with Gasteiger partial charge < -0.3 is 9.64 Å². The molecule has 1 aromatic rings. The zero-order valence-corrected chi connectivity index (χ0v) is 10.4. The van der Waals surface area contributed by atoms with Gasteiger partial charge in [-0.15, -0.1) is 0 Å². The molecule has 0 aromatic carbocycles. The highest BCUT2D eigenvalue weighted by Crippen LogP contribution is 2.33. The van der Waals surface area contributed by atoms with Crippen molar-refractivity contribution in [3.8, 4) is 0 Å². The van der Waals surface area contributed by atoms with Crippen molar-refractivity contribution in [1.29, 1.82) is 0 Å². The predicted octanol–water partition coefficient (Wildman–Crippen LogP) is 2.98. The van der Waals surface area contributed by atoms with Gasteiger partial charge in [0.05, 0.1) is 18.3 Å². The molecule has 1 aromatic heterocycles. The van der Waals surface area contributed by atoms with Crippen molar-refractivity contribution in [3.05, 3.63) is 22.8 Å². The number of morpholine rings is 1. The normalized spacial score (nSPS) is 21.2. The Morgan fingerprint density at radius 2 is 2.17 bits per heavy atom. The summed E-state index contributed by atoms with van der Waals surface area (Å²) in [5, 5.41) is -0.154. The van der Waals surface area contributed by atoms with Crippen LogP contribution in [0.15, 0.2) is 12.1 Å². The summed E-state index contributed by atoms with van der Waals surface area (Å²) in [5.41, 5.74) is -0.781. The fourth-order valence-electron chi connectivity index (χ4n) is 1.84. The number of aromatic nitrogens is 1. The summed E-state index contributed by atoms with van der Waals surface area (Å²) < 4.78 is 43.3. The van der Waals surface area contributed by atoms with Crippen molar-refractivity contribution in [1.82, 2.24) is 4.98 Å². The van der Waals surface area contributed by atoms with Gasteiger partial charge in [0.2, 0.25) is 0 Å². The van der Waals surface area contributed by atoms with Crippen LogP contribution >= 0.6 is 11.6 Å². The lowest BCUT2D eigenvalue weighted by Gasteiger charge is -2.32. The highest BCUT2D eigenvalue weighted by Gasteiger charge is 2.32. The Labute approximate surface area is 108 Å². The Bertz CT molecular complexity index is 439. The molecule has 0 saturated carbocycles. The summed E-state index contributed by atoms with van der Waals surface area (Å²) in [5.74, 6) is 0.241. The maximum absolute atomic E-state index is 12.7. The van der Waals surface area contributed by atoms with Gasteiger partial charge in [0, 0.05) is 13.1 Å². The zero-order valence-electron chi connectivity index (χ0n) is 9.67. The van der Waals surface area contributed by atoms with Crippen LogP contribution in [0.5, 0.6) is 0 Å². The van der Waals surface area contributed by atoms with Crippen LogP contribution in [-0.2, 0) is 10.9 Å². The Kier molecular flexibility index (Phi) is 3.68. The Morgan fingerprint density at radius 1 is 1.44 bits per heavy atom. The van der Waals surface area contributed by atoms with Crippen LogP contribution in [0.1, 0.15) is 12.5 Å². The second-order valence-corrected chi connectivity index (χ2v) is 4.55. The standard InChI is InChI=1S/C11H12ClF3N2O/c1-7-6-17(2-3-18-7)10-5-8(11(13,14)15)4-9(12)16-10/h4-5,7H,2-3,6H2,1H3/t7-/m1/s1. The maximum Gasteiger partial charge on any atom is 0.416 e. The van der Waals surface area contributed by atoms with Crippen LogP contribution in [-0.4, -0.2) is 30.8 Å². The van der Waals surface area contributed by atoms with E-state index in [-0.39, 0.29) is 17.1 Å². The van der Waals surface area contributed by atoms with E-state index >= 15 is 0 Å². The average molecular weight is 281 g/mol. The number of hydrogen-bond donors (Lipinski definition) is 0. The molecular weight excluding hydrogens is 269 g/mol. The van der Waals surface area contributed by atoms with Gasteiger partial charge in [-0.3, -0.25) is 0 Å². The number of halogens is 4. The third-order valence-corrected chi connectivity index (χ3v) is 2.87. The number of ether oxygens (including phenoxy) is 1. The highest BCUT2D eigenvalue weighted by molar-refractivity contribution is 6.29. The van der Waals surface area contributed by atoms with E-state index in [1.165, 1.54) is 0 Å². The van der Waals surface area contributed by atoms with Gasteiger partial charge in [-0.25, -0.2) is 4.98 Å². The second kappa shape index (κ2) is 4.93. The molecule has 0 spiro atoms. The SMILES string of the molecule is C[C@@H]1CN(c2cc(C(F)(F)F)cc(Cl)n2)CCO1. The van der Waals surface area contributed by atoms with Crippen molar-refractivity contribution < 1.29 is 17.9 Å². The number of pyridine rings is 1. The van der Waals surface area contributed by atoms with E-state index in [4.69, 9.17) is 16.3 Å². The number of hydrogen-bond acceptors (Lipinski definition) is 3. The van der Waals surface area contributed by atoms with E-state index in [1.807, 2.05) is 6.92 Å². The monoisotopic (exact) mass is 280 g/mol. The number of rotatable bonds is 1. The molecular formula is C11H12ClF3N2O. The van der Waals surface area contributed by atoms with Crippen LogP contribution in [0, 0.1) is 0 Å². The molecule has 1 fully saturated rings. The molecule has 1 saturated heterocycles. The molecule has 0 unspecified atom stereocenters. The number of anilines is 1. The lowest BCUT2D eigenvalue weighted by molar-refractivity contribution is -0.137. The van der Waals surface area contributed by atoms with Crippen LogP contribution in [0.25, 0.3) is 0 Å². The minimum Gasteiger partial charge on any atom is -0.375 e. The fraction of sp³-hybridized carbons (Fsp3) is 0.545. The van der Waals surface area contributed by atoms with E-state index < -0.39 is 11.7 Å². The summed E-state index contributed by atoms with van der Waals surface area (Å²) in [6.07, 6.45) is -4.45.